The fourth-order valence-electron chi connectivity index (χ4n) is 1.18. The van der Waals surface area contributed by atoms with E-state index in [2.05, 4.69) is 21.9 Å². The summed E-state index contributed by atoms with van der Waals surface area (Å²) in [6.45, 7) is 5.46. The first kappa shape index (κ1) is 18.6. The quantitative estimate of drug-likeness (QED) is 0.139. The van der Waals surface area contributed by atoms with Crippen LogP contribution in [0, 0.1) is 0 Å². The molecule has 1 unspecified atom stereocenters. The van der Waals surface area contributed by atoms with Crippen LogP contribution >= 0.6 is 7.37 Å². The summed E-state index contributed by atoms with van der Waals surface area (Å²) in [5.74, 6) is -0.496. The summed E-state index contributed by atoms with van der Waals surface area (Å²) in [7, 11) is -2.95. The Morgan fingerprint density at radius 2 is 1.90 bits per heavy atom. The molecule has 0 aromatic heterocycles. The molecule has 2 amide bonds. The Morgan fingerprint density at radius 1 is 1.30 bits per heavy atom. The Kier molecular flexibility index (Phi) is 9.71. The van der Waals surface area contributed by atoms with Crippen LogP contribution in [-0.2, 0) is 18.8 Å². The highest BCUT2D eigenvalue weighted by atomic mass is 31.2. The van der Waals surface area contributed by atoms with Gasteiger partial charge in [0.15, 0.2) is 0 Å². The van der Waals surface area contributed by atoms with E-state index >= 15 is 0 Å². The van der Waals surface area contributed by atoms with Gasteiger partial charge in [-0.15, -0.1) is 0 Å². The number of ether oxygens (including phenoxy) is 1. The molecule has 0 aromatic carbocycles. The predicted molar refractivity (Wildman–Crippen MR) is 73.9 cm³/mol. The average Bonchev–Trinajstić information content (AvgIpc) is 2.43. The van der Waals surface area contributed by atoms with Crippen LogP contribution in [0.25, 0.3) is 0 Å². The van der Waals surface area contributed by atoms with E-state index in [1.54, 1.807) is 0 Å². The summed E-state index contributed by atoms with van der Waals surface area (Å²) in [6.07, 6.45) is 2.18. The zero-order valence-electron chi connectivity index (χ0n) is 11.5. The summed E-state index contributed by atoms with van der Waals surface area (Å²) in [6, 6.07) is -0.365. The summed E-state index contributed by atoms with van der Waals surface area (Å²) >= 11 is 0. The number of carbonyl (C=O) groups excluding carboxylic acids is 2. The molecule has 0 fully saturated rings. The summed E-state index contributed by atoms with van der Waals surface area (Å²) < 4.78 is 19.9. The molecule has 1 atom stereocenters. The van der Waals surface area contributed by atoms with Crippen LogP contribution in [0.3, 0.4) is 0 Å². The molecule has 0 aliphatic rings. The number of amides is 2. The maximum absolute atomic E-state index is 11.3. The number of carbonyl (C=O) groups is 2. The van der Waals surface area contributed by atoms with Crippen molar-refractivity contribution in [1.82, 2.24) is 10.6 Å². The monoisotopic (exact) mass is 308 g/mol. The first-order valence-corrected chi connectivity index (χ1v) is 8.37. The van der Waals surface area contributed by atoms with Gasteiger partial charge in [0.1, 0.15) is 0 Å². The number of esters is 1. The molecule has 0 spiro atoms. The lowest BCUT2D eigenvalue weighted by atomic mass is 10.4. The van der Waals surface area contributed by atoms with Gasteiger partial charge in [0.25, 0.3) is 0 Å². The van der Waals surface area contributed by atoms with Crippen LogP contribution in [0.2, 0.25) is 0 Å². The van der Waals surface area contributed by atoms with Crippen molar-refractivity contribution >= 4 is 19.4 Å². The number of hydrogen-bond acceptors (Lipinski definition) is 6. The van der Waals surface area contributed by atoms with Crippen LogP contribution in [0.15, 0.2) is 12.7 Å². The highest BCUT2D eigenvalue weighted by Gasteiger charge is 2.14. The van der Waals surface area contributed by atoms with Gasteiger partial charge in [-0.25, -0.2) is 14.8 Å². The molecule has 0 rings (SSSR count). The fourth-order valence-corrected chi connectivity index (χ4v) is 1.99. The zero-order chi connectivity index (χ0) is 15.4. The second-order valence-electron chi connectivity index (χ2n) is 4.08. The van der Waals surface area contributed by atoms with Crippen molar-refractivity contribution in [2.24, 2.45) is 0 Å². The molecule has 0 radical (unpaired) electrons. The van der Waals surface area contributed by atoms with Crippen molar-refractivity contribution < 1.29 is 28.8 Å². The SMILES string of the molecule is C=CC(=O)OCCCNC(=O)NCCCP(C)(=O)OO. The van der Waals surface area contributed by atoms with Gasteiger partial charge < -0.3 is 15.4 Å². The molecule has 8 nitrogen and oxygen atoms in total. The Bertz CT molecular complexity index is 374. The maximum Gasteiger partial charge on any atom is 0.330 e. The molecule has 0 saturated carbocycles. The van der Waals surface area contributed by atoms with Crippen molar-refractivity contribution in [3.8, 4) is 0 Å². The van der Waals surface area contributed by atoms with E-state index in [0.717, 1.165) is 6.08 Å². The highest BCUT2D eigenvalue weighted by Crippen LogP contribution is 2.41. The normalized spacial score (nSPS) is 13.1. The Labute approximate surface area is 117 Å². The Hall–Kier alpha value is -1.37. The minimum atomic E-state index is -2.95. The van der Waals surface area contributed by atoms with E-state index in [-0.39, 0.29) is 18.8 Å². The fraction of sp³-hybridized carbons (Fsp3) is 0.636. The van der Waals surface area contributed by atoms with Crippen LogP contribution in [0.4, 0.5) is 4.79 Å². The smallest absolute Gasteiger partial charge is 0.330 e. The third kappa shape index (κ3) is 10.5. The van der Waals surface area contributed by atoms with E-state index < -0.39 is 13.3 Å². The number of nitrogens with one attached hydrogen (secondary N) is 2. The molecule has 0 aliphatic carbocycles. The first-order chi connectivity index (χ1) is 9.41. The van der Waals surface area contributed by atoms with Crippen molar-refractivity contribution in [3.05, 3.63) is 12.7 Å². The zero-order valence-corrected chi connectivity index (χ0v) is 12.4. The molecule has 3 N–H and O–H groups in total. The summed E-state index contributed by atoms with van der Waals surface area (Å²) in [5, 5.41) is 13.4. The summed E-state index contributed by atoms with van der Waals surface area (Å²) in [5.41, 5.74) is 0. The largest absolute Gasteiger partial charge is 0.462 e. The molecule has 0 aliphatic heterocycles. The lowest BCUT2D eigenvalue weighted by molar-refractivity contribution is -0.137. The number of urea groups is 1. The molecular weight excluding hydrogens is 287 g/mol. The molecular formula is C11H21N2O6P. The molecule has 0 saturated heterocycles. The van der Waals surface area contributed by atoms with Gasteiger partial charge in [0.05, 0.1) is 6.61 Å². The van der Waals surface area contributed by atoms with Gasteiger partial charge in [0, 0.05) is 32.0 Å². The minimum Gasteiger partial charge on any atom is -0.462 e. The van der Waals surface area contributed by atoms with Crippen LogP contribution in [0.5, 0.6) is 0 Å². The van der Waals surface area contributed by atoms with Crippen LogP contribution in [0.1, 0.15) is 12.8 Å². The van der Waals surface area contributed by atoms with Crippen molar-refractivity contribution in [2.45, 2.75) is 12.8 Å². The van der Waals surface area contributed by atoms with Gasteiger partial charge in [-0.1, -0.05) is 6.58 Å². The minimum absolute atomic E-state index is 0.182. The van der Waals surface area contributed by atoms with E-state index in [9.17, 15) is 14.2 Å². The number of hydrogen-bond donors (Lipinski definition) is 3. The summed E-state index contributed by atoms with van der Waals surface area (Å²) in [4.78, 5) is 22.0. The molecule has 0 aromatic rings. The maximum atomic E-state index is 11.3. The Balaban J connectivity index is 3.48. The second kappa shape index (κ2) is 10.4. The molecule has 116 valence electrons. The van der Waals surface area contributed by atoms with E-state index in [0.29, 0.717) is 25.9 Å². The predicted octanol–water partition coefficient (Wildman–Crippen LogP) is 1.19. The lowest BCUT2D eigenvalue weighted by Gasteiger charge is -2.09. The Morgan fingerprint density at radius 3 is 2.45 bits per heavy atom. The molecule has 9 heteroatoms. The highest BCUT2D eigenvalue weighted by molar-refractivity contribution is 7.57. The second-order valence-corrected chi connectivity index (χ2v) is 6.72. The van der Waals surface area contributed by atoms with E-state index in [4.69, 9.17) is 9.99 Å². The third-order valence-corrected chi connectivity index (χ3v) is 3.69. The molecule has 0 bridgehead atoms. The standard InChI is InChI=1S/C11H21N2O6P/c1-3-10(14)18-8-4-6-12-11(15)13-7-5-9-20(2,17)19-16/h3,16H,1,4-9H2,2H3,(H2,12,13,15). The van der Waals surface area contributed by atoms with Gasteiger partial charge in [0.2, 0.25) is 7.37 Å². The van der Waals surface area contributed by atoms with E-state index in [1.165, 1.54) is 6.66 Å². The average molecular weight is 308 g/mol. The lowest BCUT2D eigenvalue weighted by Crippen LogP contribution is -2.37. The third-order valence-electron chi connectivity index (χ3n) is 2.22. The van der Waals surface area contributed by atoms with Gasteiger partial charge in [-0.05, 0) is 12.8 Å². The molecule has 20 heavy (non-hydrogen) atoms. The van der Waals surface area contributed by atoms with E-state index in [1.807, 2.05) is 0 Å². The van der Waals surface area contributed by atoms with Crippen LogP contribution in [-0.4, -0.2) is 49.8 Å². The first-order valence-electron chi connectivity index (χ1n) is 6.12. The van der Waals surface area contributed by atoms with Crippen molar-refractivity contribution in [2.75, 3.05) is 32.5 Å². The van der Waals surface area contributed by atoms with Gasteiger partial charge in [-0.2, -0.15) is 4.67 Å². The topological polar surface area (TPSA) is 114 Å². The number of rotatable bonds is 10. The van der Waals surface area contributed by atoms with Gasteiger partial charge >= 0.3 is 12.0 Å². The van der Waals surface area contributed by atoms with Gasteiger partial charge in [-0.3, -0.25) is 4.57 Å². The molecule has 0 heterocycles. The van der Waals surface area contributed by atoms with Crippen LogP contribution < -0.4 is 10.6 Å². The van der Waals surface area contributed by atoms with Crippen molar-refractivity contribution in [1.29, 1.82) is 0 Å². The van der Waals surface area contributed by atoms with Crippen molar-refractivity contribution in [3.63, 3.8) is 0 Å².